The van der Waals surface area contributed by atoms with E-state index in [1.807, 2.05) is 7.05 Å². The number of fused-ring (bicyclic) bond motifs is 1. The number of phenolic OH excluding ortho intramolecular Hbond substituents is 2. The highest BCUT2D eigenvalue weighted by Gasteiger charge is 2.15. The van der Waals surface area contributed by atoms with Crippen LogP contribution in [0.25, 0.3) is 0 Å². The predicted octanol–water partition coefficient (Wildman–Crippen LogP) is 1.51. The van der Waals surface area contributed by atoms with Gasteiger partial charge in [-0.25, -0.2) is 0 Å². The maximum atomic E-state index is 9.29. The molecule has 0 unspecified atom stereocenters. The SMILES string of the molecule is CN1CCc2cc(O)c(O)cc2C1.Cl. The Hall–Kier alpha value is -0.930. The minimum absolute atomic E-state index is 0. The molecule has 0 radical (unpaired) electrons. The number of phenols is 2. The Morgan fingerprint density at radius 3 is 2.36 bits per heavy atom. The number of aromatic hydroxyl groups is 2. The minimum Gasteiger partial charge on any atom is -0.504 e. The number of hydrogen-bond acceptors (Lipinski definition) is 3. The van der Waals surface area contributed by atoms with E-state index in [1.54, 1.807) is 12.1 Å². The second-order valence-corrected chi connectivity index (χ2v) is 3.60. The number of hydrogen-bond donors (Lipinski definition) is 2. The van der Waals surface area contributed by atoms with E-state index in [2.05, 4.69) is 4.90 Å². The molecule has 0 aliphatic carbocycles. The molecule has 0 atom stereocenters. The van der Waals surface area contributed by atoms with Crippen LogP contribution in [0.2, 0.25) is 0 Å². The molecule has 14 heavy (non-hydrogen) atoms. The van der Waals surface area contributed by atoms with E-state index < -0.39 is 0 Å². The van der Waals surface area contributed by atoms with Gasteiger partial charge in [-0.15, -0.1) is 12.4 Å². The molecular formula is C10H14ClNO2. The largest absolute Gasteiger partial charge is 0.504 e. The molecule has 0 saturated heterocycles. The zero-order valence-electron chi connectivity index (χ0n) is 8.03. The minimum atomic E-state index is -0.0194. The summed E-state index contributed by atoms with van der Waals surface area (Å²) in [4.78, 5) is 2.19. The highest BCUT2D eigenvalue weighted by molar-refractivity contribution is 5.85. The number of halogens is 1. The zero-order valence-corrected chi connectivity index (χ0v) is 8.84. The molecule has 1 aliphatic rings. The standard InChI is InChI=1S/C10H13NO2.ClH/c1-11-3-2-7-4-9(12)10(13)5-8(7)6-11;/h4-5,12-13H,2-3,6H2,1H3;1H. The Kier molecular flexibility index (Phi) is 3.24. The van der Waals surface area contributed by atoms with Crippen LogP contribution in [0.15, 0.2) is 12.1 Å². The van der Waals surface area contributed by atoms with Crippen LogP contribution in [0, 0.1) is 0 Å². The molecule has 2 rings (SSSR count). The maximum Gasteiger partial charge on any atom is 0.157 e. The molecule has 1 aliphatic heterocycles. The summed E-state index contributed by atoms with van der Waals surface area (Å²) in [5.41, 5.74) is 2.26. The Labute approximate surface area is 89.4 Å². The fourth-order valence-corrected chi connectivity index (χ4v) is 1.72. The molecular weight excluding hydrogens is 202 g/mol. The van der Waals surface area contributed by atoms with Crippen LogP contribution in [0.4, 0.5) is 0 Å². The van der Waals surface area contributed by atoms with Crippen molar-refractivity contribution in [3.63, 3.8) is 0 Å². The van der Waals surface area contributed by atoms with E-state index in [0.29, 0.717) is 0 Å². The molecule has 0 aromatic heterocycles. The van der Waals surface area contributed by atoms with Crippen LogP contribution in [0.1, 0.15) is 11.1 Å². The summed E-state index contributed by atoms with van der Waals surface area (Å²) >= 11 is 0. The average Bonchev–Trinajstić information content (AvgIpc) is 2.08. The van der Waals surface area contributed by atoms with E-state index in [0.717, 1.165) is 30.6 Å². The fourth-order valence-electron chi connectivity index (χ4n) is 1.72. The summed E-state index contributed by atoms with van der Waals surface area (Å²) in [6.45, 7) is 1.86. The first-order valence-corrected chi connectivity index (χ1v) is 4.39. The van der Waals surface area contributed by atoms with Crippen molar-refractivity contribution in [2.45, 2.75) is 13.0 Å². The van der Waals surface area contributed by atoms with Crippen LogP contribution < -0.4 is 0 Å². The number of benzene rings is 1. The number of likely N-dealkylation sites (N-methyl/N-ethyl adjacent to an activating group) is 1. The lowest BCUT2D eigenvalue weighted by molar-refractivity contribution is 0.310. The van der Waals surface area contributed by atoms with Gasteiger partial charge in [-0.3, -0.25) is 0 Å². The van der Waals surface area contributed by atoms with E-state index >= 15 is 0 Å². The van der Waals surface area contributed by atoms with E-state index in [4.69, 9.17) is 0 Å². The first kappa shape index (κ1) is 11.1. The van der Waals surface area contributed by atoms with Gasteiger partial charge in [-0.2, -0.15) is 0 Å². The summed E-state index contributed by atoms with van der Waals surface area (Å²) in [6, 6.07) is 3.32. The van der Waals surface area contributed by atoms with Gasteiger partial charge in [-0.1, -0.05) is 0 Å². The molecule has 2 N–H and O–H groups in total. The summed E-state index contributed by atoms with van der Waals surface area (Å²) in [5, 5.41) is 18.6. The van der Waals surface area contributed by atoms with Gasteiger partial charge in [0, 0.05) is 13.1 Å². The lowest BCUT2D eigenvalue weighted by atomic mass is 9.99. The lowest BCUT2D eigenvalue weighted by Crippen LogP contribution is -2.26. The second-order valence-electron chi connectivity index (χ2n) is 3.60. The van der Waals surface area contributed by atoms with Crippen molar-refractivity contribution in [2.24, 2.45) is 0 Å². The van der Waals surface area contributed by atoms with Gasteiger partial charge in [0.05, 0.1) is 0 Å². The summed E-state index contributed by atoms with van der Waals surface area (Å²) in [7, 11) is 2.05. The highest BCUT2D eigenvalue weighted by atomic mass is 35.5. The quantitative estimate of drug-likeness (QED) is 0.645. The highest BCUT2D eigenvalue weighted by Crippen LogP contribution is 2.30. The monoisotopic (exact) mass is 215 g/mol. The summed E-state index contributed by atoms with van der Waals surface area (Å²) < 4.78 is 0. The fraction of sp³-hybridized carbons (Fsp3) is 0.400. The van der Waals surface area contributed by atoms with Crippen LogP contribution in [0.5, 0.6) is 11.5 Å². The molecule has 78 valence electrons. The van der Waals surface area contributed by atoms with Gasteiger partial charge in [0.15, 0.2) is 11.5 Å². The van der Waals surface area contributed by atoms with Crippen molar-refractivity contribution >= 4 is 12.4 Å². The molecule has 1 heterocycles. The van der Waals surface area contributed by atoms with E-state index in [-0.39, 0.29) is 23.9 Å². The summed E-state index contributed by atoms with van der Waals surface area (Å²) in [5.74, 6) is -0.0302. The third-order valence-corrected chi connectivity index (χ3v) is 2.50. The molecule has 3 nitrogen and oxygen atoms in total. The van der Waals surface area contributed by atoms with Crippen LogP contribution in [-0.2, 0) is 13.0 Å². The van der Waals surface area contributed by atoms with Crippen molar-refractivity contribution < 1.29 is 10.2 Å². The van der Waals surface area contributed by atoms with Gasteiger partial charge >= 0.3 is 0 Å². The van der Waals surface area contributed by atoms with Crippen molar-refractivity contribution in [3.05, 3.63) is 23.3 Å². The molecule has 1 aromatic carbocycles. The molecule has 0 fully saturated rings. The van der Waals surface area contributed by atoms with Gasteiger partial charge < -0.3 is 15.1 Å². The molecule has 0 bridgehead atoms. The topological polar surface area (TPSA) is 43.7 Å². The van der Waals surface area contributed by atoms with E-state index in [9.17, 15) is 10.2 Å². The van der Waals surface area contributed by atoms with Gasteiger partial charge in [0.2, 0.25) is 0 Å². The Morgan fingerprint density at radius 1 is 1.14 bits per heavy atom. The van der Waals surface area contributed by atoms with Crippen LogP contribution >= 0.6 is 12.4 Å². The van der Waals surface area contributed by atoms with Crippen molar-refractivity contribution in [1.82, 2.24) is 4.90 Å². The van der Waals surface area contributed by atoms with Crippen LogP contribution in [0.3, 0.4) is 0 Å². The van der Waals surface area contributed by atoms with Gasteiger partial charge in [-0.05, 0) is 36.7 Å². The van der Waals surface area contributed by atoms with Crippen molar-refractivity contribution in [3.8, 4) is 11.5 Å². The van der Waals surface area contributed by atoms with Crippen molar-refractivity contribution in [1.29, 1.82) is 0 Å². The summed E-state index contributed by atoms with van der Waals surface area (Å²) in [6.07, 6.45) is 0.944. The third kappa shape index (κ3) is 1.94. The Bertz CT molecular complexity index is 341. The first-order chi connectivity index (χ1) is 6.16. The number of rotatable bonds is 0. The molecule has 0 saturated carbocycles. The van der Waals surface area contributed by atoms with E-state index in [1.165, 1.54) is 0 Å². The van der Waals surface area contributed by atoms with Gasteiger partial charge in [0.1, 0.15) is 0 Å². The predicted molar refractivity (Wildman–Crippen MR) is 57.1 cm³/mol. The molecule has 1 aromatic rings. The number of nitrogens with zero attached hydrogens (tertiary/aromatic N) is 1. The first-order valence-electron chi connectivity index (χ1n) is 4.39. The average molecular weight is 216 g/mol. The van der Waals surface area contributed by atoms with Crippen molar-refractivity contribution in [2.75, 3.05) is 13.6 Å². The smallest absolute Gasteiger partial charge is 0.157 e. The molecule has 0 amide bonds. The lowest BCUT2D eigenvalue weighted by Gasteiger charge is -2.25. The van der Waals surface area contributed by atoms with Crippen LogP contribution in [-0.4, -0.2) is 28.7 Å². The molecule has 4 heteroatoms. The Morgan fingerprint density at radius 2 is 1.71 bits per heavy atom. The zero-order chi connectivity index (χ0) is 9.42. The third-order valence-electron chi connectivity index (χ3n) is 2.50. The second kappa shape index (κ2) is 4.07. The normalized spacial score (nSPS) is 15.8. The maximum absolute atomic E-state index is 9.29. The Balaban J connectivity index is 0.000000980. The molecule has 0 spiro atoms. The van der Waals surface area contributed by atoms with Gasteiger partial charge in [0.25, 0.3) is 0 Å².